The number of aliphatic imine (C=N–C) groups is 1. The Morgan fingerprint density at radius 2 is 2.21 bits per heavy atom. The van der Waals surface area contributed by atoms with Gasteiger partial charge >= 0.3 is 0 Å². The molecule has 0 aliphatic carbocycles. The van der Waals surface area contributed by atoms with Crippen LogP contribution < -0.4 is 11.3 Å². The molecular formula is C9H22N4O. The normalized spacial score (nSPS) is 12.0. The van der Waals surface area contributed by atoms with Crippen LogP contribution in [0.1, 0.15) is 20.8 Å². The van der Waals surface area contributed by atoms with Crippen LogP contribution in [0.4, 0.5) is 0 Å². The van der Waals surface area contributed by atoms with Crippen LogP contribution in [0.3, 0.4) is 0 Å². The molecule has 0 bridgehead atoms. The molecule has 0 rings (SSSR count). The van der Waals surface area contributed by atoms with Crippen molar-refractivity contribution in [3.63, 3.8) is 0 Å². The van der Waals surface area contributed by atoms with Crippen molar-refractivity contribution in [2.45, 2.75) is 26.8 Å². The van der Waals surface area contributed by atoms with Gasteiger partial charge in [0, 0.05) is 26.2 Å². The van der Waals surface area contributed by atoms with Crippen LogP contribution in [0.25, 0.3) is 0 Å². The van der Waals surface area contributed by atoms with Crippen LogP contribution in [-0.2, 0) is 4.74 Å². The maximum atomic E-state index is 5.36. The van der Waals surface area contributed by atoms with Gasteiger partial charge in [0.2, 0.25) is 5.96 Å². The van der Waals surface area contributed by atoms with E-state index in [9.17, 15) is 0 Å². The number of nitrogens with two attached hydrogens (primary N) is 1. The van der Waals surface area contributed by atoms with Gasteiger partial charge in [-0.15, -0.1) is 0 Å². The molecule has 5 nitrogen and oxygen atoms in total. The van der Waals surface area contributed by atoms with E-state index in [1.54, 1.807) is 0 Å². The van der Waals surface area contributed by atoms with Gasteiger partial charge in [0.25, 0.3) is 0 Å². The fourth-order valence-corrected chi connectivity index (χ4v) is 0.942. The highest BCUT2D eigenvalue weighted by Gasteiger charge is 2.04. The molecule has 0 atom stereocenters. The van der Waals surface area contributed by atoms with Gasteiger partial charge in [-0.05, 0) is 20.8 Å². The van der Waals surface area contributed by atoms with Crippen LogP contribution in [0.15, 0.2) is 4.99 Å². The molecule has 14 heavy (non-hydrogen) atoms. The first kappa shape index (κ1) is 13.2. The van der Waals surface area contributed by atoms with E-state index in [1.165, 1.54) is 0 Å². The van der Waals surface area contributed by atoms with Crippen molar-refractivity contribution in [1.29, 1.82) is 0 Å². The summed E-state index contributed by atoms with van der Waals surface area (Å²) in [4.78, 5) is 6.27. The maximum absolute atomic E-state index is 5.36. The molecule has 0 fully saturated rings. The fraction of sp³-hybridized carbons (Fsp3) is 0.889. The van der Waals surface area contributed by atoms with Crippen LogP contribution >= 0.6 is 0 Å². The van der Waals surface area contributed by atoms with Gasteiger partial charge in [0.05, 0.1) is 6.61 Å². The van der Waals surface area contributed by atoms with Crippen LogP contribution in [0.5, 0.6) is 0 Å². The summed E-state index contributed by atoms with van der Waals surface area (Å²) in [7, 11) is 1.93. The molecule has 0 aliphatic heterocycles. The molecule has 84 valence electrons. The third kappa shape index (κ3) is 5.77. The van der Waals surface area contributed by atoms with E-state index in [4.69, 9.17) is 10.6 Å². The molecule has 0 aromatic rings. The Morgan fingerprint density at radius 1 is 1.57 bits per heavy atom. The SMILES string of the molecule is CCOCCN(C)C(=NC(C)C)NN. The molecule has 0 radical (unpaired) electrons. The molecule has 0 saturated heterocycles. The summed E-state index contributed by atoms with van der Waals surface area (Å²) < 4.78 is 5.24. The number of likely N-dealkylation sites (N-methyl/N-ethyl adjacent to an activating group) is 1. The molecular weight excluding hydrogens is 180 g/mol. The Hall–Kier alpha value is -0.810. The number of guanidine groups is 1. The van der Waals surface area contributed by atoms with Gasteiger partial charge in [-0.25, -0.2) is 10.8 Å². The minimum atomic E-state index is 0.232. The van der Waals surface area contributed by atoms with Crippen molar-refractivity contribution in [3.05, 3.63) is 0 Å². The van der Waals surface area contributed by atoms with E-state index in [0.29, 0.717) is 12.6 Å². The summed E-state index contributed by atoms with van der Waals surface area (Å²) in [6.07, 6.45) is 0. The zero-order chi connectivity index (χ0) is 11.0. The quantitative estimate of drug-likeness (QED) is 0.219. The highest BCUT2D eigenvalue weighted by atomic mass is 16.5. The van der Waals surface area contributed by atoms with Crippen molar-refractivity contribution in [1.82, 2.24) is 10.3 Å². The van der Waals surface area contributed by atoms with Gasteiger partial charge in [0.15, 0.2) is 0 Å². The van der Waals surface area contributed by atoms with Crippen molar-refractivity contribution >= 4 is 5.96 Å². The van der Waals surface area contributed by atoms with Crippen molar-refractivity contribution in [3.8, 4) is 0 Å². The predicted octanol–water partition coefficient (Wildman–Crippen LogP) is 0.182. The monoisotopic (exact) mass is 202 g/mol. The molecule has 0 saturated carbocycles. The first-order chi connectivity index (χ1) is 6.61. The molecule has 0 aromatic carbocycles. The maximum Gasteiger partial charge on any atom is 0.208 e. The smallest absolute Gasteiger partial charge is 0.208 e. The number of rotatable bonds is 5. The Bertz CT molecular complexity index is 170. The summed E-state index contributed by atoms with van der Waals surface area (Å²) in [5.74, 6) is 6.06. The van der Waals surface area contributed by atoms with Crippen LogP contribution in [-0.4, -0.2) is 43.7 Å². The van der Waals surface area contributed by atoms with Gasteiger partial charge in [0.1, 0.15) is 0 Å². The second-order valence-corrected chi connectivity index (χ2v) is 3.31. The van der Waals surface area contributed by atoms with Crippen LogP contribution in [0.2, 0.25) is 0 Å². The summed E-state index contributed by atoms with van der Waals surface area (Å²) >= 11 is 0. The largest absolute Gasteiger partial charge is 0.380 e. The van der Waals surface area contributed by atoms with E-state index in [0.717, 1.165) is 13.2 Å². The zero-order valence-corrected chi connectivity index (χ0v) is 9.58. The number of hydrazine groups is 1. The van der Waals surface area contributed by atoms with E-state index < -0.39 is 0 Å². The lowest BCUT2D eigenvalue weighted by Crippen LogP contribution is -2.44. The Labute approximate surface area is 86.3 Å². The molecule has 5 heteroatoms. The first-order valence-corrected chi connectivity index (χ1v) is 4.95. The fourth-order valence-electron chi connectivity index (χ4n) is 0.942. The topological polar surface area (TPSA) is 62.9 Å². The summed E-state index contributed by atoms with van der Waals surface area (Å²) in [6, 6.07) is 0.232. The highest BCUT2D eigenvalue weighted by Crippen LogP contribution is 1.91. The number of nitrogens with one attached hydrogen (secondary N) is 1. The first-order valence-electron chi connectivity index (χ1n) is 4.95. The minimum absolute atomic E-state index is 0.232. The van der Waals surface area contributed by atoms with Gasteiger partial charge < -0.3 is 9.64 Å². The number of hydrogen-bond donors (Lipinski definition) is 2. The summed E-state index contributed by atoms with van der Waals surface area (Å²) in [6.45, 7) is 8.20. The van der Waals surface area contributed by atoms with Gasteiger partial charge in [-0.3, -0.25) is 5.43 Å². The third-order valence-electron chi connectivity index (χ3n) is 1.65. The van der Waals surface area contributed by atoms with E-state index in [2.05, 4.69) is 10.4 Å². The number of hydrogen-bond acceptors (Lipinski definition) is 3. The predicted molar refractivity (Wildman–Crippen MR) is 59.0 cm³/mol. The van der Waals surface area contributed by atoms with E-state index in [1.807, 2.05) is 32.7 Å². The lowest BCUT2D eigenvalue weighted by Gasteiger charge is -2.21. The van der Waals surface area contributed by atoms with Gasteiger partial charge in [-0.1, -0.05) is 0 Å². The van der Waals surface area contributed by atoms with E-state index in [-0.39, 0.29) is 6.04 Å². The number of nitrogens with zero attached hydrogens (tertiary/aromatic N) is 2. The molecule has 0 unspecified atom stereocenters. The summed E-state index contributed by atoms with van der Waals surface area (Å²) in [5, 5.41) is 0. The van der Waals surface area contributed by atoms with Crippen molar-refractivity contribution < 1.29 is 4.74 Å². The lowest BCUT2D eigenvalue weighted by atomic mass is 10.4. The Morgan fingerprint density at radius 3 is 2.64 bits per heavy atom. The molecule has 3 N–H and O–H groups in total. The third-order valence-corrected chi connectivity index (χ3v) is 1.65. The average Bonchev–Trinajstić information content (AvgIpc) is 2.14. The molecule has 0 spiro atoms. The average molecular weight is 202 g/mol. The number of ether oxygens (including phenoxy) is 1. The Balaban J connectivity index is 3.97. The molecule has 0 heterocycles. The second-order valence-electron chi connectivity index (χ2n) is 3.31. The highest BCUT2D eigenvalue weighted by molar-refractivity contribution is 5.79. The van der Waals surface area contributed by atoms with Crippen molar-refractivity contribution in [2.75, 3.05) is 26.8 Å². The zero-order valence-electron chi connectivity index (χ0n) is 9.58. The molecule has 0 amide bonds. The standard InChI is InChI=1S/C9H22N4O/c1-5-14-7-6-13(4)9(12-10)11-8(2)3/h8H,5-7,10H2,1-4H3,(H,11,12). The van der Waals surface area contributed by atoms with Crippen LogP contribution in [0, 0.1) is 0 Å². The second kappa shape index (κ2) is 7.58. The molecule has 0 aliphatic rings. The minimum Gasteiger partial charge on any atom is -0.380 e. The lowest BCUT2D eigenvalue weighted by molar-refractivity contribution is 0.136. The van der Waals surface area contributed by atoms with Crippen molar-refractivity contribution in [2.24, 2.45) is 10.8 Å². The van der Waals surface area contributed by atoms with Gasteiger partial charge in [-0.2, -0.15) is 0 Å². The Kier molecular flexibility index (Phi) is 7.14. The van der Waals surface area contributed by atoms with E-state index >= 15 is 0 Å². The summed E-state index contributed by atoms with van der Waals surface area (Å²) in [5.41, 5.74) is 2.58. The molecule has 0 aromatic heterocycles.